The molecule has 0 spiro atoms. The number of benzene rings is 1. The summed E-state index contributed by atoms with van der Waals surface area (Å²) >= 11 is 4.26. The molecule has 1 aromatic heterocycles. The van der Waals surface area contributed by atoms with E-state index in [9.17, 15) is 9.18 Å². The van der Waals surface area contributed by atoms with E-state index in [0.29, 0.717) is 21.0 Å². The van der Waals surface area contributed by atoms with Gasteiger partial charge in [0.25, 0.3) is 0 Å². The van der Waals surface area contributed by atoms with Crippen molar-refractivity contribution in [2.75, 3.05) is 5.32 Å². The molecule has 7 heteroatoms. The number of aromatic nitrogens is 1. The summed E-state index contributed by atoms with van der Waals surface area (Å²) in [5.41, 5.74) is 1.08. The number of hydrogen-bond donors (Lipinski definition) is 2. The van der Waals surface area contributed by atoms with Gasteiger partial charge in [-0.3, -0.25) is 0 Å². The Balaban J connectivity index is 2.29. The molecule has 0 amide bonds. The number of hydrogen-bond acceptors (Lipinski definition) is 4. The van der Waals surface area contributed by atoms with Crippen molar-refractivity contribution in [3.8, 4) is 0 Å². The number of rotatable bonds is 3. The molecular weight excluding hydrogens is 323 g/mol. The van der Waals surface area contributed by atoms with Crippen LogP contribution in [0.3, 0.4) is 0 Å². The zero-order valence-corrected chi connectivity index (χ0v) is 11.6. The van der Waals surface area contributed by atoms with Gasteiger partial charge in [-0.15, -0.1) is 0 Å². The molecule has 1 heterocycles. The number of nitrogens with one attached hydrogen (secondary N) is 1. The summed E-state index contributed by atoms with van der Waals surface area (Å²) in [6.45, 7) is 1.63. The Hall–Kier alpha value is -1.47. The predicted octanol–water partition coefficient (Wildman–Crippen LogP) is 3.79. The van der Waals surface area contributed by atoms with E-state index in [1.165, 1.54) is 12.1 Å². The van der Waals surface area contributed by atoms with Gasteiger partial charge < -0.3 is 10.4 Å². The number of carbonyl (C=O) groups is 1. The number of carboxylic acid groups (broad SMARTS) is 1. The molecule has 0 aliphatic heterocycles. The molecule has 4 nitrogen and oxygen atoms in total. The minimum absolute atomic E-state index is 0.190. The van der Waals surface area contributed by atoms with Crippen LogP contribution >= 0.6 is 27.3 Å². The molecule has 94 valence electrons. The average Bonchev–Trinajstić information content (AvgIpc) is 2.64. The van der Waals surface area contributed by atoms with E-state index in [0.717, 1.165) is 11.3 Å². The second-order valence-electron chi connectivity index (χ2n) is 3.49. The van der Waals surface area contributed by atoms with E-state index >= 15 is 0 Å². The fourth-order valence-electron chi connectivity index (χ4n) is 1.35. The number of aromatic carboxylic acids is 1. The SMILES string of the molecule is Cc1nc(Nc2ccc(F)cc2Br)sc1C(=O)O. The lowest BCUT2D eigenvalue weighted by Gasteiger charge is -2.04. The first-order valence-electron chi connectivity index (χ1n) is 4.90. The Morgan fingerprint density at radius 3 is 2.83 bits per heavy atom. The topological polar surface area (TPSA) is 62.2 Å². The minimum atomic E-state index is -1.00. The molecule has 0 atom stereocenters. The Morgan fingerprint density at radius 2 is 2.28 bits per heavy atom. The van der Waals surface area contributed by atoms with Crippen molar-refractivity contribution in [2.24, 2.45) is 0 Å². The van der Waals surface area contributed by atoms with Gasteiger partial charge in [-0.25, -0.2) is 14.2 Å². The van der Waals surface area contributed by atoms with Crippen molar-refractivity contribution in [1.29, 1.82) is 0 Å². The molecule has 0 saturated heterocycles. The summed E-state index contributed by atoms with van der Waals surface area (Å²) in [6, 6.07) is 4.18. The highest BCUT2D eigenvalue weighted by Crippen LogP contribution is 2.30. The molecule has 0 bridgehead atoms. The number of carboxylic acids is 1. The molecule has 0 radical (unpaired) electrons. The van der Waals surface area contributed by atoms with Gasteiger partial charge in [0.15, 0.2) is 5.13 Å². The molecule has 2 aromatic rings. The number of anilines is 2. The first kappa shape index (κ1) is 13.0. The monoisotopic (exact) mass is 330 g/mol. The Morgan fingerprint density at radius 1 is 1.56 bits per heavy atom. The Bertz CT molecular complexity index is 615. The fourth-order valence-corrected chi connectivity index (χ4v) is 2.62. The number of thiazole rings is 1. The molecule has 18 heavy (non-hydrogen) atoms. The summed E-state index contributed by atoms with van der Waals surface area (Å²) in [4.78, 5) is 15.2. The van der Waals surface area contributed by atoms with Crippen molar-refractivity contribution in [3.05, 3.63) is 39.1 Å². The highest BCUT2D eigenvalue weighted by atomic mass is 79.9. The van der Waals surface area contributed by atoms with E-state index in [4.69, 9.17) is 5.11 Å². The Kier molecular flexibility index (Phi) is 3.63. The highest BCUT2D eigenvalue weighted by molar-refractivity contribution is 9.10. The lowest BCUT2D eigenvalue weighted by Crippen LogP contribution is -1.94. The molecule has 0 aliphatic rings. The molecule has 0 unspecified atom stereocenters. The van der Waals surface area contributed by atoms with Crippen molar-refractivity contribution in [2.45, 2.75) is 6.92 Å². The lowest BCUT2D eigenvalue weighted by atomic mass is 10.3. The van der Waals surface area contributed by atoms with Crippen molar-refractivity contribution in [1.82, 2.24) is 4.98 Å². The van der Waals surface area contributed by atoms with Crippen LogP contribution in [0.4, 0.5) is 15.2 Å². The van der Waals surface area contributed by atoms with Gasteiger partial charge >= 0.3 is 5.97 Å². The zero-order chi connectivity index (χ0) is 13.3. The summed E-state index contributed by atoms with van der Waals surface area (Å²) in [5, 5.41) is 12.3. The van der Waals surface area contributed by atoms with Gasteiger partial charge in [0.2, 0.25) is 0 Å². The van der Waals surface area contributed by atoms with Gasteiger partial charge in [-0.2, -0.15) is 0 Å². The normalized spacial score (nSPS) is 10.4. The third kappa shape index (κ3) is 2.68. The first-order chi connectivity index (χ1) is 8.47. The molecular formula is C11H8BrFN2O2S. The average molecular weight is 331 g/mol. The van der Waals surface area contributed by atoms with E-state index in [1.807, 2.05) is 0 Å². The summed E-state index contributed by atoms with van der Waals surface area (Å²) in [7, 11) is 0. The van der Waals surface area contributed by atoms with Crippen LogP contribution < -0.4 is 5.32 Å². The minimum Gasteiger partial charge on any atom is -0.477 e. The highest BCUT2D eigenvalue weighted by Gasteiger charge is 2.14. The van der Waals surface area contributed by atoms with Crippen LogP contribution in [0.15, 0.2) is 22.7 Å². The summed E-state index contributed by atoms with van der Waals surface area (Å²) < 4.78 is 13.5. The fraction of sp³-hybridized carbons (Fsp3) is 0.0909. The molecule has 2 rings (SSSR count). The van der Waals surface area contributed by atoms with Gasteiger partial charge in [-0.05, 0) is 41.1 Å². The van der Waals surface area contributed by atoms with Gasteiger partial charge in [0.05, 0.1) is 11.4 Å². The molecule has 0 fully saturated rings. The largest absolute Gasteiger partial charge is 0.477 e. The smallest absolute Gasteiger partial charge is 0.347 e. The van der Waals surface area contributed by atoms with Gasteiger partial charge in [-0.1, -0.05) is 11.3 Å². The third-order valence-corrected chi connectivity index (χ3v) is 3.88. The predicted molar refractivity (Wildman–Crippen MR) is 71.2 cm³/mol. The van der Waals surface area contributed by atoms with E-state index < -0.39 is 5.97 Å². The number of aryl methyl sites for hydroxylation is 1. The number of halogens is 2. The van der Waals surface area contributed by atoms with Crippen molar-refractivity contribution < 1.29 is 14.3 Å². The molecule has 1 aromatic carbocycles. The van der Waals surface area contributed by atoms with Crippen LogP contribution in [0.1, 0.15) is 15.4 Å². The third-order valence-electron chi connectivity index (χ3n) is 2.16. The molecule has 0 aliphatic carbocycles. The van der Waals surface area contributed by atoms with Crippen LogP contribution in [0.25, 0.3) is 0 Å². The second-order valence-corrected chi connectivity index (χ2v) is 5.34. The van der Waals surface area contributed by atoms with Crippen molar-refractivity contribution >= 4 is 44.1 Å². The lowest BCUT2D eigenvalue weighted by molar-refractivity contribution is 0.0701. The van der Waals surface area contributed by atoms with Gasteiger partial charge in [0, 0.05) is 4.47 Å². The maximum atomic E-state index is 12.9. The number of nitrogens with zero attached hydrogens (tertiary/aromatic N) is 1. The molecule has 0 saturated carbocycles. The summed E-state index contributed by atoms with van der Waals surface area (Å²) in [6.07, 6.45) is 0. The van der Waals surface area contributed by atoms with Crippen LogP contribution in [0, 0.1) is 12.7 Å². The van der Waals surface area contributed by atoms with Crippen LogP contribution in [-0.2, 0) is 0 Å². The van der Waals surface area contributed by atoms with Crippen LogP contribution in [0.2, 0.25) is 0 Å². The maximum Gasteiger partial charge on any atom is 0.347 e. The van der Waals surface area contributed by atoms with Crippen molar-refractivity contribution in [3.63, 3.8) is 0 Å². The van der Waals surface area contributed by atoms with E-state index in [-0.39, 0.29) is 10.7 Å². The van der Waals surface area contributed by atoms with Crippen LogP contribution in [0.5, 0.6) is 0 Å². The Labute approximate surface area is 115 Å². The quantitative estimate of drug-likeness (QED) is 0.898. The molecule has 2 N–H and O–H groups in total. The van der Waals surface area contributed by atoms with Gasteiger partial charge in [0.1, 0.15) is 10.7 Å². The zero-order valence-electron chi connectivity index (χ0n) is 9.20. The first-order valence-corrected chi connectivity index (χ1v) is 6.51. The van der Waals surface area contributed by atoms with E-state index in [1.54, 1.807) is 13.0 Å². The second kappa shape index (κ2) is 5.03. The van der Waals surface area contributed by atoms with E-state index in [2.05, 4.69) is 26.2 Å². The standard InChI is InChI=1S/C11H8BrFN2O2S/c1-5-9(10(16)17)18-11(14-5)15-8-3-2-6(13)4-7(8)12/h2-4H,1H3,(H,14,15)(H,16,17). The maximum absolute atomic E-state index is 12.9. The summed E-state index contributed by atoms with van der Waals surface area (Å²) in [5.74, 6) is -1.36. The van der Waals surface area contributed by atoms with Crippen LogP contribution in [-0.4, -0.2) is 16.1 Å².